The Labute approximate surface area is 191 Å². The first-order chi connectivity index (χ1) is 15.1. The van der Waals surface area contributed by atoms with Crippen molar-refractivity contribution in [3.63, 3.8) is 0 Å². The van der Waals surface area contributed by atoms with Gasteiger partial charge in [0.15, 0.2) is 11.5 Å². The number of methoxy groups -OCH3 is 3. The summed E-state index contributed by atoms with van der Waals surface area (Å²) in [5.74, 6) is 0.808. The number of rotatable bonds is 9. The summed E-state index contributed by atoms with van der Waals surface area (Å²) in [4.78, 5) is 27.2. The fraction of sp³-hybridized carbons (Fsp3) is 0.667. The average Bonchev–Trinajstić information content (AvgIpc) is 3.22. The number of carbonyl (C=O) groups is 2. The molecule has 32 heavy (non-hydrogen) atoms. The number of likely N-dealkylation sites (tertiary alicyclic amines) is 1. The van der Waals surface area contributed by atoms with Gasteiger partial charge in [0.1, 0.15) is 5.60 Å². The van der Waals surface area contributed by atoms with E-state index in [-0.39, 0.29) is 18.0 Å². The Balaban J connectivity index is 1.95. The van der Waals surface area contributed by atoms with Crippen LogP contribution in [0, 0.1) is 5.92 Å². The van der Waals surface area contributed by atoms with Crippen molar-refractivity contribution in [2.45, 2.75) is 64.7 Å². The van der Waals surface area contributed by atoms with Crippen LogP contribution in [0.25, 0.3) is 0 Å². The Morgan fingerprint density at radius 1 is 1.16 bits per heavy atom. The lowest BCUT2D eigenvalue weighted by atomic mass is 9.95. The van der Waals surface area contributed by atoms with Gasteiger partial charge in [-0.3, -0.25) is 4.79 Å². The van der Waals surface area contributed by atoms with Crippen molar-refractivity contribution in [1.82, 2.24) is 10.2 Å². The third-order valence-electron chi connectivity index (χ3n) is 5.65. The molecule has 2 rings (SSSR count). The number of hydrogen-bond donors (Lipinski definition) is 1. The van der Waals surface area contributed by atoms with E-state index in [1.54, 1.807) is 26.2 Å². The molecule has 1 N–H and O–H groups in total. The minimum atomic E-state index is -0.570. The fourth-order valence-electron chi connectivity index (χ4n) is 4.05. The summed E-state index contributed by atoms with van der Waals surface area (Å²) < 4.78 is 21.8. The first kappa shape index (κ1) is 25.8. The number of nitrogens with zero attached hydrogens (tertiary/aromatic N) is 1. The van der Waals surface area contributed by atoms with Crippen molar-refractivity contribution in [1.29, 1.82) is 0 Å². The van der Waals surface area contributed by atoms with E-state index in [1.807, 2.05) is 45.9 Å². The zero-order valence-electron chi connectivity index (χ0n) is 20.4. The van der Waals surface area contributed by atoms with E-state index in [9.17, 15) is 9.59 Å². The molecule has 0 unspecified atom stereocenters. The van der Waals surface area contributed by atoms with E-state index in [1.165, 1.54) is 0 Å². The van der Waals surface area contributed by atoms with Crippen molar-refractivity contribution >= 4 is 12.0 Å². The molecule has 0 aromatic heterocycles. The van der Waals surface area contributed by atoms with Crippen LogP contribution in [0.5, 0.6) is 11.5 Å². The van der Waals surface area contributed by atoms with Crippen LogP contribution in [-0.2, 0) is 20.7 Å². The first-order valence-electron chi connectivity index (χ1n) is 11.1. The molecular weight excluding hydrogens is 412 g/mol. The van der Waals surface area contributed by atoms with Gasteiger partial charge in [-0.1, -0.05) is 13.0 Å². The van der Waals surface area contributed by atoms with Gasteiger partial charge in [0.05, 0.1) is 32.3 Å². The summed E-state index contributed by atoms with van der Waals surface area (Å²) in [6, 6.07) is 5.52. The molecule has 3 atom stereocenters. The maximum absolute atomic E-state index is 12.8. The van der Waals surface area contributed by atoms with Crippen molar-refractivity contribution < 1.29 is 28.5 Å². The summed E-state index contributed by atoms with van der Waals surface area (Å²) in [6.45, 7) is 8.46. The molecule has 180 valence electrons. The molecule has 1 aliphatic rings. The maximum atomic E-state index is 12.8. The van der Waals surface area contributed by atoms with Crippen molar-refractivity contribution in [3.05, 3.63) is 23.8 Å². The SMILES string of the molecule is COc1ccc(CCNC(=O)[C@H](C)[C@@H](OC)[C@@H]2CCCN2C(=O)OC(C)(C)C)cc1OC. The molecule has 0 bridgehead atoms. The van der Waals surface area contributed by atoms with E-state index < -0.39 is 17.6 Å². The topological polar surface area (TPSA) is 86.3 Å². The van der Waals surface area contributed by atoms with Crippen molar-refractivity contribution in [2.24, 2.45) is 5.92 Å². The fourth-order valence-corrected chi connectivity index (χ4v) is 4.05. The van der Waals surface area contributed by atoms with Gasteiger partial charge in [0.2, 0.25) is 5.91 Å². The maximum Gasteiger partial charge on any atom is 0.410 e. The van der Waals surface area contributed by atoms with Crippen LogP contribution >= 0.6 is 0 Å². The second-order valence-electron chi connectivity index (χ2n) is 9.10. The number of benzene rings is 1. The predicted octanol–water partition coefficient (Wildman–Crippen LogP) is 3.41. The summed E-state index contributed by atoms with van der Waals surface area (Å²) in [5, 5.41) is 2.99. The van der Waals surface area contributed by atoms with Crippen LogP contribution in [0.2, 0.25) is 0 Å². The number of nitrogens with one attached hydrogen (secondary N) is 1. The Morgan fingerprint density at radius 2 is 1.84 bits per heavy atom. The Kier molecular flexibility index (Phi) is 9.19. The molecule has 1 aromatic carbocycles. The highest BCUT2D eigenvalue weighted by Crippen LogP contribution is 2.29. The quantitative estimate of drug-likeness (QED) is 0.621. The summed E-state index contributed by atoms with van der Waals surface area (Å²) >= 11 is 0. The smallest absolute Gasteiger partial charge is 0.410 e. The third-order valence-corrected chi connectivity index (χ3v) is 5.65. The molecule has 0 spiro atoms. The minimum Gasteiger partial charge on any atom is -0.493 e. The van der Waals surface area contributed by atoms with Gasteiger partial charge in [-0.15, -0.1) is 0 Å². The number of carbonyl (C=O) groups excluding carboxylic acids is 2. The lowest BCUT2D eigenvalue weighted by Gasteiger charge is -2.34. The second-order valence-corrected chi connectivity index (χ2v) is 9.10. The molecule has 1 fully saturated rings. The van der Waals surface area contributed by atoms with Crippen LogP contribution in [0.4, 0.5) is 4.79 Å². The van der Waals surface area contributed by atoms with Gasteiger partial charge < -0.3 is 29.2 Å². The molecule has 8 heteroatoms. The molecule has 1 heterocycles. The van der Waals surface area contributed by atoms with E-state index in [0.29, 0.717) is 31.0 Å². The van der Waals surface area contributed by atoms with Crippen molar-refractivity contribution in [2.75, 3.05) is 34.4 Å². The van der Waals surface area contributed by atoms with Crippen LogP contribution in [0.15, 0.2) is 18.2 Å². The molecule has 2 amide bonds. The highest BCUT2D eigenvalue weighted by Gasteiger charge is 2.41. The largest absolute Gasteiger partial charge is 0.493 e. The Hall–Kier alpha value is -2.48. The van der Waals surface area contributed by atoms with Gasteiger partial charge in [-0.25, -0.2) is 4.79 Å². The predicted molar refractivity (Wildman–Crippen MR) is 122 cm³/mol. The number of ether oxygens (including phenoxy) is 4. The highest BCUT2D eigenvalue weighted by molar-refractivity contribution is 5.79. The molecule has 0 aliphatic carbocycles. The molecule has 8 nitrogen and oxygen atoms in total. The summed E-state index contributed by atoms with van der Waals surface area (Å²) in [5.41, 5.74) is 0.464. The molecule has 1 aliphatic heterocycles. The van der Waals surface area contributed by atoms with Crippen LogP contribution < -0.4 is 14.8 Å². The van der Waals surface area contributed by atoms with Crippen LogP contribution in [-0.4, -0.2) is 69.1 Å². The molecular formula is C24H38N2O6. The minimum absolute atomic E-state index is 0.103. The lowest BCUT2D eigenvalue weighted by molar-refractivity contribution is -0.130. The Bertz CT molecular complexity index is 776. The highest BCUT2D eigenvalue weighted by atomic mass is 16.6. The van der Waals surface area contributed by atoms with Gasteiger partial charge in [0.25, 0.3) is 0 Å². The van der Waals surface area contributed by atoms with Crippen LogP contribution in [0.1, 0.15) is 46.1 Å². The molecule has 0 saturated carbocycles. The van der Waals surface area contributed by atoms with E-state index in [2.05, 4.69) is 5.32 Å². The molecule has 1 aromatic rings. The molecule has 1 saturated heterocycles. The van der Waals surface area contributed by atoms with Gasteiger partial charge in [0, 0.05) is 20.2 Å². The van der Waals surface area contributed by atoms with Gasteiger partial charge in [-0.05, 0) is 57.7 Å². The third kappa shape index (κ3) is 6.76. The first-order valence-corrected chi connectivity index (χ1v) is 11.1. The Morgan fingerprint density at radius 3 is 2.44 bits per heavy atom. The van der Waals surface area contributed by atoms with Gasteiger partial charge in [-0.2, -0.15) is 0 Å². The standard InChI is InChI=1S/C24H38N2O6/c1-16(21(31-7)18-9-8-14-26(18)23(28)32-24(2,3)4)22(27)25-13-12-17-10-11-19(29-5)20(15-17)30-6/h10-11,15-16,18,21H,8-9,12-14H2,1-7H3,(H,25,27)/t16-,18+,21-/m1/s1. The normalized spacial score (nSPS) is 18.1. The zero-order chi connectivity index (χ0) is 23.9. The van der Waals surface area contributed by atoms with Crippen LogP contribution in [0.3, 0.4) is 0 Å². The number of hydrogen-bond acceptors (Lipinski definition) is 6. The monoisotopic (exact) mass is 450 g/mol. The second kappa shape index (κ2) is 11.4. The lowest BCUT2D eigenvalue weighted by Crippen LogP contribution is -2.50. The van der Waals surface area contributed by atoms with Gasteiger partial charge >= 0.3 is 6.09 Å². The van der Waals surface area contributed by atoms with E-state index in [4.69, 9.17) is 18.9 Å². The molecule has 0 radical (unpaired) electrons. The summed E-state index contributed by atoms with van der Waals surface area (Å²) in [7, 11) is 4.78. The van der Waals surface area contributed by atoms with E-state index >= 15 is 0 Å². The number of amides is 2. The van der Waals surface area contributed by atoms with Crippen molar-refractivity contribution in [3.8, 4) is 11.5 Å². The summed E-state index contributed by atoms with van der Waals surface area (Å²) in [6.07, 6.45) is 1.52. The average molecular weight is 451 g/mol. The van der Waals surface area contributed by atoms with E-state index in [0.717, 1.165) is 18.4 Å². The zero-order valence-corrected chi connectivity index (χ0v) is 20.4.